The number of hydrogen-bond acceptors (Lipinski definition) is 3. The van der Waals surface area contributed by atoms with Crippen molar-refractivity contribution in [2.24, 2.45) is 10.8 Å². The van der Waals surface area contributed by atoms with Crippen LogP contribution in [-0.4, -0.2) is 26.2 Å². The molecule has 0 heterocycles. The Morgan fingerprint density at radius 3 is 3.00 bits per heavy atom. The molecule has 0 aromatic heterocycles. The van der Waals surface area contributed by atoms with Gasteiger partial charge in [0.05, 0.1) is 18.8 Å². The van der Waals surface area contributed by atoms with Crippen molar-refractivity contribution in [1.29, 1.82) is 0 Å². The second kappa shape index (κ2) is 7.21. The van der Waals surface area contributed by atoms with Gasteiger partial charge in [-0.25, -0.2) is 15.2 Å². The summed E-state index contributed by atoms with van der Waals surface area (Å²) in [6.45, 7) is 0.938. The fourth-order valence-electron chi connectivity index (χ4n) is 1.09. The van der Waals surface area contributed by atoms with Crippen molar-refractivity contribution < 1.29 is 9.13 Å². The summed E-state index contributed by atoms with van der Waals surface area (Å²) < 4.78 is 18.6. The number of benzene rings is 1. The SMILES string of the molecule is COCCN=C(NN)Nc1cc(F)ccc1Br. The van der Waals surface area contributed by atoms with Gasteiger partial charge in [0.2, 0.25) is 5.96 Å². The first-order valence-electron chi connectivity index (χ1n) is 4.89. The lowest BCUT2D eigenvalue weighted by atomic mass is 10.3. The Morgan fingerprint density at radius 1 is 1.59 bits per heavy atom. The second-order valence-corrected chi connectivity index (χ2v) is 3.97. The molecule has 4 N–H and O–H groups in total. The predicted octanol–water partition coefficient (Wildman–Crippen LogP) is 1.47. The van der Waals surface area contributed by atoms with Crippen LogP contribution < -0.4 is 16.6 Å². The summed E-state index contributed by atoms with van der Waals surface area (Å²) in [6.07, 6.45) is 0. The molecule has 94 valence electrons. The van der Waals surface area contributed by atoms with E-state index < -0.39 is 0 Å². The molecule has 0 fully saturated rings. The smallest absolute Gasteiger partial charge is 0.210 e. The maximum absolute atomic E-state index is 13.0. The van der Waals surface area contributed by atoms with E-state index in [0.29, 0.717) is 29.3 Å². The highest BCUT2D eigenvalue weighted by atomic mass is 79.9. The van der Waals surface area contributed by atoms with Crippen LogP contribution in [0, 0.1) is 5.82 Å². The van der Waals surface area contributed by atoms with Crippen LogP contribution >= 0.6 is 15.9 Å². The summed E-state index contributed by atoms with van der Waals surface area (Å²) in [5.41, 5.74) is 2.94. The summed E-state index contributed by atoms with van der Waals surface area (Å²) >= 11 is 3.29. The minimum atomic E-state index is -0.344. The number of hydrogen-bond donors (Lipinski definition) is 3. The molecule has 0 amide bonds. The third-order valence-corrected chi connectivity index (χ3v) is 2.58. The number of rotatable bonds is 4. The van der Waals surface area contributed by atoms with Crippen molar-refractivity contribution in [3.8, 4) is 0 Å². The molecular weight excluding hydrogens is 291 g/mol. The molecule has 7 heteroatoms. The third kappa shape index (κ3) is 4.68. The minimum Gasteiger partial charge on any atom is -0.383 e. The molecule has 0 radical (unpaired) electrons. The van der Waals surface area contributed by atoms with Gasteiger partial charge in [0.1, 0.15) is 5.82 Å². The minimum absolute atomic E-state index is 0.341. The molecule has 0 aliphatic rings. The number of halogens is 2. The van der Waals surface area contributed by atoms with Gasteiger partial charge in [0, 0.05) is 11.6 Å². The topological polar surface area (TPSA) is 71.7 Å². The van der Waals surface area contributed by atoms with E-state index in [1.54, 1.807) is 13.2 Å². The van der Waals surface area contributed by atoms with Crippen LogP contribution in [0.5, 0.6) is 0 Å². The van der Waals surface area contributed by atoms with E-state index >= 15 is 0 Å². The Hall–Kier alpha value is -1.18. The van der Waals surface area contributed by atoms with E-state index in [9.17, 15) is 4.39 Å². The summed E-state index contributed by atoms with van der Waals surface area (Å²) in [4.78, 5) is 4.10. The maximum atomic E-state index is 13.0. The molecule has 0 saturated carbocycles. The van der Waals surface area contributed by atoms with E-state index in [0.717, 1.165) is 0 Å². The number of methoxy groups -OCH3 is 1. The van der Waals surface area contributed by atoms with Crippen molar-refractivity contribution in [3.63, 3.8) is 0 Å². The highest BCUT2D eigenvalue weighted by molar-refractivity contribution is 9.10. The van der Waals surface area contributed by atoms with Gasteiger partial charge in [-0.15, -0.1) is 0 Å². The normalized spacial score (nSPS) is 11.4. The van der Waals surface area contributed by atoms with Crippen LogP contribution in [0.15, 0.2) is 27.7 Å². The summed E-state index contributed by atoms with van der Waals surface area (Å²) in [5.74, 6) is 5.30. The van der Waals surface area contributed by atoms with Gasteiger partial charge in [-0.1, -0.05) is 0 Å². The fourth-order valence-corrected chi connectivity index (χ4v) is 1.44. The second-order valence-electron chi connectivity index (χ2n) is 3.12. The lowest BCUT2D eigenvalue weighted by Gasteiger charge is -2.10. The van der Waals surface area contributed by atoms with Crippen LogP contribution in [0.2, 0.25) is 0 Å². The molecular formula is C10H14BrFN4O. The molecule has 0 bridgehead atoms. The quantitative estimate of drug-likeness (QED) is 0.259. The van der Waals surface area contributed by atoms with Gasteiger partial charge in [-0.3, -0.25) is 5.43 Å². The zero-order valence-electron chi connectivity index (χ0n) is 9.34. The summed E-state index contributed by atoms with van der Waals surface area (Å²) in [6, 6.07) is 4.29. The van der Waals surface area contributed by atoms with Crippen molar-refractivity contribution >= 4 is 27.6 Å². The molecule has 0 atom stereocenters. The molecule has 1 aromatic carbocycles. The molecule has 0 unspecified atom stereocenters. The number of anilines is 1. The monoisotopic (exact) mass is 304 g/mol. The molecule has 0 spiro atoms. The Labute approximate surface area is 107 Å². The van der Waals surface area contributed by atoms with Crippen LogP contribution in [0.3, 0.4) is 0 Å². The average Bonchev–Trinajstić information content (AvgIpc) is 2.32. The van der Waals surface area contributed by atoms with Gasteiger partial charge in [0.25, 0.3) is 0 Å². The Balaban J connectivity index is 2.73. The van der Waals surface area contributed by atoms with Gasteiger partial charge < -0.3 is 10.1 Å². The molecule has 1 aromatic rings. The number of hydrazine groups is 1. The molecule has 0 saturated heterocycles. The highest BCUT2D eigenvalue weighted by Crippen LogP contribution is 2.22. The largest absolute Gasteiger partial charge is 0.383 e. The number of guanidine groups is 1. The van der Waals surface area contributed by atoms with E-state index in [2.05, 4.69) is 31.7 Å². The highest BCUT2D eigenvalue weighted by Gasteiger charge is 2.04. The Morgan fingerprint density at radius 2 is 2.35 bits per heavy atom. The van der Waals surface area contributed by atoms with Crippen molar-refractivity contribution in [2.75, 3.05) is 25.6 Å². The maximum Gasteiger partial charge on any atom is 0.210 e. The zero-order valence-corrected chi connectivity index (χ0v) is 10.9. The Kier molecular flexibility index (Phi) is 5.88. The fraction of sp³-hybridized carbons (Fsp3) is 0.300. The number of nitrogens with zero attached hydrogens (tertiary/aromatic N) is 1. The van der Waals surface area contributed by atoms with Gasteiger partial charge in [-0.2, -0.15) is 0 Å². The molecule has 1 rings (SSSR count). The molecule has 17 heavy (non-hydrogen) atoms. The van der Waals surface area contributed by atoms with E-state index in [4.69, 9.17) is 10.6 Å². The van der Waals surface area contributed by atoms with Crippen LogP contribution in [0.25, 0.3) is 0 Å². The lowest BCUT2D eigenvalue weighted by molar-refractivity contribution is 0.208. The standard InChI is InChI=1S/C10H14BrFN4O/c1-17-5-4-14-10(16-13)15-9-6-7(12)2-3-8(9)11/h2-3,6H,4-5,13H2,1H3,(H2,14,15,16). The lowest BCUT2D eigenvalue weighted by Crippen LogP contribution is -2.36. The number of nitrogens with two attached hydrogens (primary N) is 1. The average molecular weight is 305 g/mol. The van der Waals surface area contributed by atoms with Crippen molar-refractivity contribution in [3.05, 3.63) is 28.5 Å². The summed E-state index contributed by atoms with van der Waals surface area (Å²) in [5, 5.41) is 2.87. The first-order valence-corrected chi connectivity index (χ1v) is 5.68. The van der Waals surface area contributed by atoms with Crippen LogP contribution in [0.1, 0.15) is 0 Å². The zero-order chi connectivity index (χ0) is 12.7. The van der Waals surface area contributed by atoms with E-state index in [1.807, 2.05) is 0 Å². The number of aliphatic imine (C=N–C) groups is 1. The van der Waals surface area contributed by atoms with Gasteiger partial charge in [0.15, 0.2) is 0 Å². The van der Waals surface area contributed by atoms with Gasteiger partial charge in [-0.05, 0) is 34.1 Å². The predicted molar refractivity (Wildman–Crippen MR) is 69.2 cm³/mol. The van der Waals surface area contributed by atoms with E-state index in [1.165, 1.54) is 12.1 Å². The van der Waals surface area contributed by atoms with Crippen molar-refractivity contribution in [2.45, 2.75) is 0 Å². The number of nitrogens with one attached hydrogen (secondary N) is 2. The Bertz CT molecular complexity index is 400. The molecule has 0 aliphatic carbocycles. The molecule has 5 nitrogen and oxygen atoms in total. The first kappa shape index (κ1) is 13.9. The third-order valence-electron chi connectivity index (χ3n) is 1.88. The molecule has 0 aliphatic heterocycles. The van der Waals surface area contributed by atoms with E-state index in [-0.39, 0.29) is 5.82 Å². The van der Waals surface area contributed by atoms with Crippen LogP contribution in [-0.2, 0) is 4.74 Å². The number of ether oxygens (including phenoxy) is 1. The summed E-state index contributed by atoms with van der Waals surface area (Å²) in [7, 11) is 1.58. The van der Waals surface area contributed by atoms with Crippen LogP contribution in [0.4, 0.5) is 10.1 Å². The first-order chi connectivity index (χ1) is 8.17. The van der Waals surface area contributed by atoms with Crippen molar-refractivity contribution in [1.82, 2.24) is 5.43 Å². The van der Waals surface area contributed by atoms with Gasteiger partial charge >= 0.3 is 0 Å².